The van der Waals surface area contributed by atoms with E-state index in [1.165, 1.54) is 11.8 Å². The van der Waals surface area contributed by atoms with Gasteiger partial charge in [0.15, 0.2) is 0 Å². The van der Waals surface area contributed by atoms with Gasteiger partial charge in [0.1, 0.15) is 11.4 Å². The molecule has 1 atom stereocenters. The van der Waals surface area contributed by atoms with Crippen LogP contribution in [0.5, 0.6) is 5.75 Å². The van der Waals surface area contributed by atoms with Crippen molar-refractivity contribution in [2.45, 2.75) is 31.2 Å². The third-order valence-electron chi connectivity index (χ3n) is 4.04. The van der Waals surface area contributed by atoms with E-state index in [-0.39, 0.29) is 5.91 Å². The highest BCUT2D eigenvalue weighted by molar-refractivity contribution is 9.10. The fourth-order valence-electron chi connectivity index (χ4n) is 2.54. The molecule has 2 aromatic carbocycles. The molecule has 0 fully saturated rings. The Morgan fingerprint density at radius 3 is 2.64 bits per heavy atom. The summed E-state index contributed by atoms with van der Waals surface area (Å²) in [6, 6.07) is 11.5. The second-order valence-corrected chi connectivity index (χ2v) is 8.44. The van der Waals surface area contributed by atoms with Crippen LogP contribution in [-0.2, 0) is 4.79 Å². The van der Waals surface area contributed by atoms with Gasteiger partial charge >= 0.3 is 0 Å². The van der Waals surface area contributed by atoms with Crippen LogP contribution >= 0.6 is 27.7 Å². The summed E-state index contributed by atoms with van der Waals surface area (Å²) in [4.78, 5) is 12.6. The number of thioether (sulfide) groups is 1. The average Bonchev–Trinajstić information content (AvgIpc) is 3.11. The van der Waals surface area contributed by atoms with E-state index in [9.17, 15) is 4.79 Å². The zero-order valence-electron chi connectivity index (χ0n) is 15.9. The van der Waals surface area contributed by atoms with Crippen molar-refractivity contribution in [1.82, 2.24) is 20.2 Å². The number of nitrogens with one attached hydrogen (secondary N) is 1. The Labute approximate surface area is 176 Å². The number of methoxy groups -OCH3 is 1. The monoisotopic (exact) mass is 461 g/mol. The number of carbonyl (C=O) groups is 1. The number of rotatable bonds is 6. The van der Waals surface area contributed by atoms with Crippen molar-refractivity contribution in [2.75, 3.05) is 12.4 Å². The van der Waals surface area contributed by atoms with Gasteiger partial charge in [-0.25, -0.2) is 0 Å². The molecule has 1 N–H and O–H groups in total. The highest BCUT2D eigenvalue weighted by Crippen LogP contribution is 2.30. The van der Waals surface area contributed by atoms with Crippen molar-refractivity contribution < 1.29 is 9.53 Å². The zero-order chi connectivity index (χ0) is 20.3. The molecule has 1 aromatic heterocycles. The zero-order valence-corrected chi connectivity index (χ0v) is 18.3. The van der Waals surface area contributed by atoms with Gasteiger partial charge in [-0.15, -0.1) is 5.10 Å². The van der Waals surface area contributed by atoms with Gasteiger partial charge < -0.3 is 10.1 Å². The van der Waals surface area contributed by atoms with Crippen molar-refractivity contribution in [2.24, 2.45) is 0 Å². The maximum atomic E-state index is 12.6. The topological polar surface area (TPSA) is 81.9 Å². The number of benzene rings is 2. The summed E-state index contributed by atoms with van der Waals surface area (Å²) in [5.41, 5.74) is 3.61. The molecule has 9 heteroatoms. The van der Waals surface area contributed by atoms with Gasteiger partial charge in [-0.3, -0.25) is 4.79 Å². The van der Waals surface area contributed by atoms with E-state index in [4.69, 9.17) is 4.74 Å². The SMILES string of the molecule is COc1ccc(C)cc1-n1nnnc1SC(C)C(=O)Nc1ccc(C)cc1Br. The third kappa shape index (κ3) is 4.53. The van der Waals surface area contributed by atoms with Crippen molar-refractivity contribution in [3.8, 4) is 11.4 Å². The number of ether oxygens (including phenoxy) is 1. The quantitative estimate of drug-likeness (QED) is 0.554. The number of halogens is 1. The summed E-state index contributed by atoms with van der Waals surface area (Å²) in [6.45, 7) is 5.79. The van der Waals surface area contributed by atoms with Crippen LogP contribution in [0.15, 0.2) is 46.0 Å². The Balaban J connectivity index is 1.79. The summed E-state index contributed by atoms with van der Waals surface area (Å²) >= 11 is 4.76. The molecule has 1 amide bonds. The van der Waals surface area contributed by atoms with Gasteiger partial charge in [0.2, 0.25) is 11.1 Å². The van der Waals surface area contributed by atoms with E-state index in [1.807, 2.05) is 57.2 Å². The first-order chi connectivity index (χ1) is 13.4. The van der Waals surface area contributed by atoms with E-state index in [0.29, 0.717) is 10.9 Å². The Morgan fingerprint density at radius 1 is 1.21 bits per heavy atom. The second-order valence-electron chi connectivity index (χ2n) is 6.28. The largest absolute Gasteiger partial charge is 0.494 e. The fourth-order valence-corrected chi connectivity index (χ4v) is 3.93. The van der Waals surface area contributed by atoms with Crippen molar-refractivity contribution in [3.05, 3.63) is 52.0 Å². The molecular formula is C19H20BrN5O2S. The molecule has 0 saturated heterocycles. The molecule has 3 rings (SSSR count). The molecule has 28 heavy (non-hydrogen) atoms. The lowest BCUT2D eigenvalue weighted by Gasteiger charge is -2.14. The van der Waals surface area contributed by atoms with Gasteiger partial charge in [-0.05, 0) is 82.5 Å². The van der Waals surface area contributed by atoms with E-state index in [1.54, 1.807) is 11.8 Å². The number of hydrogen-bond donors (Lipinski definition) is 1. The van der Waals surface area contributed by atoms with Gasteiger partial charge in [0.25, 0.3) is 0 Å². The maximum absolute atomic E-state index is 12.6. The molecule has 1 heterocycles. The summed E-state index contributed by atoms with van der Waals surface area (Å²) in [7, 11) is 1.60. The van der Waals surface area contributed by atoms with Crippen molar-refractivity contribution in [1.29, 1.82) is 0 Å². The first-order valence-electron chi connectivity index (χ1n) is 8.56. The highest BCUT2D eigenvalue weighted by Gasteiger charge is 2.21. The van der Waals surface area contributed by atoms with E-state index < -0.39 is 5.25 Å². The van der Waals surface area contributed by atoms with Gasteiger partial charge in [0.05, 0.1) is 18.0 Å². The molecule has 146 valence electrons. The fraction of sp³-hybridized carbons (Fsp3) is 0.263. The van der Waals surface area contributed by atoms with Crippen LogP contribution in [0.4, 0.5) is 5.69 Å². The number of hydrogen-bond acceptors (Lipinski definition) is 6. The van der Waals surface area contributed by atoms with Crippen LogP contribution in [0.1, 0.15) is 18.1 Å². The minimum absolute atomic E-state index is 0.139. The Kier molecular flexibility index (Phi) is 6.35. The minimum Gasteiger partial charge on any atom is -0.494 e. The highest BCUT2D eigenvalue weighted by atomic mass is 79.9. The molecule has 0 aliphatic heterocycles. The third-order valence-corrected chi connectivity index (χ3v) is 5.73. The van der Waals surface area contributed by atoms with Crippen LogP contribution in [0.2, 0.25) is 0 Å². The summed E-state index contributed by atoms with van der Waals surface area (Å²) < 4.78 is 7.85. The first-order valence-corrected chi connectivity index (χ1v) is 10.2. The molecule has 0 spiro atoms. The van der Waals surface area contributed by atoms with Crippen LogP contribution in [0, 0.1) is 13.8 Å². The van der Waals surface area contributed by atoms with Crippen molar-refractivity contribution >= 4 is 39.3 Å². The van der Waals surface area contributed by atoms with Crippen molar-refractivity contribution in [3.63, 3.8) is 0 Å². The Hall–Kier alpha value is -2.39. The first kappa shape index (κ1) is 20.3. The number of aryl methyl sites for hydroxylation is 2. The molecule has 1 unspecified atom stereocenters. The van der Waals surface area contributed by atoms with Gasteiger partial charge in [-0.2, -0.15) is 4.68 Å². The van der Waals surface area contributed by atoms with Crippen LogP contribution in [-0.4, -0.2) is 38.5 Å². The number of nitrogens with zero attached hydrogens (tertiary/aromatic N) is 4. The standard InChI is InChI=1S/C19H20BrN5O2S/c1-11-5-7-15(14(20)9-11)21-18(26)13(3)28-19-22-23-24-25(19)16-10-12(2)6-8-17(16)27-4/h5-10,13H,1-4H3,(H,21,26). The number of anilines is 1. The number of amides is 1. The summed E-state index contributed by atoms with van der Waals surface area (Å²) in [6.07, 6.45) is 0. The predicted octanol–water partition coefficient (Wildman–Crippen LogP) is 4.17. The van der Waals surface area contributed by atoms with Crippen LogP contribution in [0.25, 0.3) is 5.69 Å². The lowest BCUT2D eigenvalue weighted by atomic mass is 10.2. The van der Waals surface area contributed by atoms with E-state index >= 15 is 0 Å². The van der Waals surface area contributed by atoms with Gasteiger partial charge in [-0.1, -0.05) is 23.9 Å². The molecule has 0 saturated carbocycles. The molecule has 0 radical (unpaired) electrons. The normalized spacial score (nSPS) is 11.9. The molecule has 0 aliphatic carbocycles. The van der Waals surface area contributed by atoms with Crippen LogP contribution < -0.4 is 10.1 Å². The van der Waals surface area contributed by atoms with Gasteiger partial charge in [0, 0.05) is 4.47 Å². The number of aromatic nitrogens is 4. The number of carbonyl (C=O) groups excluding carboxylic acids is 1. The maximum Gasteiger partial charge on any atom is 0.237 e. The molecular weight excluding hydrogens is 442 g/mol. The predicted molar refractivity (Wildman–Crippen MR) is 113 cm³/mol. The minimum atomic E-state index is -0.409. The summed E-state index contributed by atoms with van der Waals surface area (Å²) in [5.74, 6) is 0.515. The molecule has 7 nitrogen and oxygen atoms in total. The summed E-state index contributed by atoms with van der Waals surface area (Å²) in [5, 5.41) is 15.0. The van der Waals surface area contributed by atoms with Crippen LogP contribution in [0.3, 0.4) is 0 Å². The Bertz CT molecular complexity index is 1010. The lowest BCUT2D eigenvalue weighted by molar-refractivity contribution is -0.115. The molecule has 3 aromatic rings. The molecule has 0 bridgehead atoms. The second kappa shape index (κ2) is 8.74. The smallest absolute Gasteiger partial charge is 0.237 e. The van der Waals surface area contributed by atoms with E-state index in [2.05, 4.69) is 36.8 Å². The van der Waals surface area contributed by atoms with E-state index in [0.717, 1.165) is 27.0 Å². The lowest BCUT2D eigenvalue weighted by Crippen LogP contribution is -2.23. The number of tetrazole rings is 1. The average molecular weight is 462 g/mol. The Morgan fingerprint density at radius 2 is 1.93 bits per heavy atom. The molecule has 0 aliphatic rings.